The van der Waals surface area contributed by atoms with Gasteiger partial charge in [0.05, 0.1) is 18.7 Å². The van der Waals surface area contributed by atoms with Crippen molar-refractivity contribution in [2.75, 3.05) is 11.5 Å². The van der Waals surface area contributed by atoms with Crippen molar-refractivity contribution >= 4 is 58.4 Å². The Bertz CT molecular complexity index is 1130. The van der Waals surface area contributed by atoms with E-state index in [1.54, 1.807) is 72.5 Å². The van der Waals surface area contributed by atoms with E-state index in [-0.39, 0.29) is 19.1 Å². The molecule has 0 aliphatic carbocycles. The van der Waals surface area contributed by atoms with E-state index < -0.39 is 5.97 Å². The van der Waals surface area contributed by atoms with Crippen LogP contribution in [0.5, 0.6) is 0 Å². The molecule has 0 fully saturated rings. The van der Waals surface area contributed by atoms with Gasteiger partial charge >= 0.3 is 5.97 Å². The van der Waals surface area contributed by atoms with Crippen molar-refractivity contribution in [2.24, 2.45) is 0 Å². The van der Waals surface area contributed by atoms with Crippen LogP contribution in [0.4, 0.5) is 5.69 Å². The third-order valence-electron chi connectivity index (χ3n) is 4.59. The zero-order chi connectivity index (χ0) is 23.1. The molecule has 7 heteroatoms. The van der Waals surface area contributed by atoms with Crippen molar-refractivity contribution in [3.63, 3.8) is 0 Å². The largest absolute Gasteiger partial charge is 0.462 e. The SMILES string of the molecule is CCOC(=O)c1ccc(N(Cc2ccc(Cl)cc2Cl)C(=O)/C=C/c2ccc(Cl)cc2)cc1. The molecule has 0 aromatic heterocycles. The number of amides is 1. The molecule has 3 rings (SSSR count). The molecule has 164 valence electrons. The Morgan fingerprint density at radius 2 is 1.56 bits per heavy atom. The highest BCUT2D eigenvalue weighted by molar-refractivity contribution is 6.35. The quantitative estimate of drug-likeness (QED) is 0.264. The number of benzene rings is 3. The summed E-state index contributed by atoms with van der Waals surface area (Å²) in [6, 6.07) is 18.9. The van der Waals surface area contributed by atoms with Crippen molar-refractivity contribution < 1.29 is 14.3 Å². The zero-order valence-electron chi connectivity index (χ0n) is 17.2. The van der Waals surface area contributed by atoms with Gasteiger partial charge in [-0.1, -0.05) is 53.0 Å². The van der Waals surface area contributed by atoms with Crippen LogP contribution < -0.4 is 4.90 Å². The average Bonchev–Trinajstić information content (AvgIpc) is 2.78. The molecular formula is C25H20Cl3NO3. The molecule has 3 aromatic rings. The molecule has 3 aromatic carbocycles. The van der Waals surface area contributed by atoms with Crippen LogP contribution >= 0.6 is 34.8 Å². The summed E-state index contributed by atoms with van der Waals surface area (Å²) in [5.74, 6) is -0.671. The van der Waals surface area contributed by atoms with Gasteiger partial charge in [0.1, 0.15) is 0 Å². The first-order valence-corrected chi connectivity index (χ1v) is 11.0. The third kappa shape index (κ3) is 6.36. The first-order chi connectivity index (χ1) is 15.4. The second-order valence-corrected chi connectivity index (χ2v) is 8.09. The fourth-order valence-corrected chi connectivity index (χ4v) is 3.53. The number of carbonyl (C=O) groups is 2. The number of esters is 1. The highest BCUT2D eigenvalue weighted by Crippen LogP contribution is 2.26. The highest BCUT2D eigenvalue weighted by Gasteiger charge is 2.17. The average molecular weight is 489 g/mol. The summed E-state index contributed by atoms with van der Waals surface area (Å²) < 4.78 is 5.02. The van der Waals surface area contributed by atoms with E-state index in [1.165, 1.54) is 6.08 Å². The monoisotopic (exact) mass is 487 g/mol. The molecule has 0 atom stereocenters. The van der Waals surface area contributed by atoms with Gasteiger partial charge in [-0.3, -0.25) is 4.79 Å². The van der Waals surface area contributed by atoms with Crippen LogP contribution in [0.2, 0.25) is 15.1 Å². The van der Waals surface area contributed by atoms with Crippen molar-refractivity contribution in [1.82, 2.24) is 0 Å². The Kier molecular flexibility index (Phi) is 8.34. The predicted molar refractivity (Wildman–Crippen MR) is 131 cm³/mol. The van der Waals surface area contributed by atoms with Gasteiger partial charge in [0.2, 0.25) is 0 Å². The van der Waals surface area contributed by atoms with E-state index in [0.29, 0.717) is 26.3 Å². The highest BCUT2D eigenvalue weighted by atomic mass is 35.5. The van der Waals surface area contributed by atoms with Gasteiger partial charge in [-0.2, -0.15) is 0 Å². The Balaban J connectivity index is 1.90. The van der Waals surface area contributed by atoms with Gasteiger partial charge in [-0.15, -0.1) is 0 Å². The maximum atomic E-state index is 13.1. The lowest BCUT2D eigenvalue weighted by Gasteiger charge is -2.22. The number of hydrogen-bond acceptors (Lipinski definition) is 3. The fourth-order valence-electron chi connectivity index (χ4n) is 2.94. The van der Waals surface area contributed by atoms with E-state index in [2.05, 4.69) is 0 Å². The van der Waals surface area contributed by atoms with E-state index in [4.69, 9.17) is 39.5 Å². The van der Waals surface area contributed by atoms with Gasteiger partial charge in [0.15, 0.2) is 0 Å². The first-order valence-electron chi connectivity index (χ1n) is 9.83. The first kappa shape index (κ1) is 23.9. The Labute approximate surface area is 202 Å². The minimum atomic E-state index is -0.416. The molecule has 0 saturated carbocycles. The molecular weight excluding hydrogens is 469 g/mol. The van der Waals surface area contributed by atoms with Crippen LogP contribution in [0.25, 0.3) is 6.08 Å². The minimum Gasteiger partial charge on any atom is -0.462 e. The lowest BCUT2D eigenvalue weighted by molar-refractivity contribution is -0.114. The van der Waals surface area contributed by atoms with E-state index in [0.717, 1.165) is 11.1 Å². The summed E-state index contributed by atoms with van der Waals surface area (Å²) in [4.78, 5) is 26.7. The smallest absolute Gasteiger partial charge is 0.338 e. The van der Waals surface area contributed by atoms with Crippen molar-refractivity contribution in [3.05, 3.63) is 105 Å². The molecule has 0 unspecified atom stereocenters. The summed E-state index contributed by atoms with van der Waals surface area (Å²) in [7, 11) is 0. The van der Waals surface area contributed by atoms with Crippen LogP contribution in [0, 0.1) is 0 Å². The minimum absolute atomic E-state index is 0.221. The molecule has 0 aliphatic heterocycles. The molecule has 0 radical (unpaired) electrons. The molecule has 32 heavy (non-hydrogen) atoms. The number of rotatable bonds is 7. The van der Waals surface area contributed by atoms with E-state index in [1.807, 2.05) is 12.1 Å². The van der Waals surface area contributed by atoms with Crippen molar-refractivity contribution in [1.29, 1.82) is 0 Å². The molecule has 4 nitrogen and oxygen atoms in total. The van der Waals surface area contributed by atoms with Crippen LogP contribution in [0.3, 0.4) is 0 Å². The van der Waals surface area contributed by atoms with Gasteiger partial charge < -0.3 is 9.64 Å². The molecule has 0 spiro atoms. The topological polar surface area (TPSA) is 46.6 Å². The maximum Gasteiger partial charge on any atom is 0.338 e. The molecule has 0 heterocycles. The predicted octanol–water partition coefficient (Wildman–Crippen LogP) is 7.07. The Morgan fingerprint density at radius 3 is 2.19 bits per heavy atom. The summed E-state index contributed by atoms with van der Waals surface area (Å²) >= 11 is 18.3. The standard InChI is InChI=1S/C25H20Cl3NO3/c1-2-32-25(31)18-7-12-22(13-8-18)29(16-19-6-11-21(27)15-23(19)28)24(30)14-5-17-3-9-20(26)10-4-17/h3-15H,2,16H2,1H3/b14-5+. The molecule has 1 amide bonds. The number of halogens is 3. The molecule has 0 saturated heterocycles. The summed E-state index contributed by atoms with van der Waals surface area (Å²) in [6.45, 7) is 2.25. The fraction of sp³-hybridized carbons (Fsp3) is 0.120. The van der Waals surface area contributed by atoms with Gasteiger partial charge in [-0.25, -0.2) is 4.79 Å². The summed E-state index contributed by atoms with van der Waals surface area (Å²) in [5, 5.41) is 1.59. The van der Waals surface area contributed by atoms with Gasteiger partial charge in [0.25, 0.3) is 5.91 Å². The zero-order valence-corrected chi connectivity index (χ0v) is 19.5. The number of carbonyl (C=O) groups excluding carboxylic acids is 2. The van der Waals surface area contributed by atoms with E-state index >= 15 is 0 Å². The van der Waals surface area contributed by atoms with Crippen LogP contribution in [-0.4, -0.2) is 18.5 Å². The van der Waals surface area contributed by atoms with E-state index in [9.17, 15) is 9.59 Å². The van der Waals surface area contributed by atoms with Gasteiger partial charge in [0, 0.05) is 26.8 Å². The summed E-state index contributed by atoms with van der Waals surface area (Å²) in [5.41, 5.74) is 2.59. The van der Waals surface area contributed by atoms with Crippen LogP contribution in [0.1, 0.15) is 28.4 Å². The molecule has 0 aliphatic rings. The second-order valence-electron chi connectivity index (χ2n) is 6.81. The Hall–Kier alpha value is -2.79. The number of anilines is 1. The lowest BCUT2D eigenvalue weighted by Crippen LogP contribution is -2.28. The number of nitrogens with zero attached hydrogens (tertiary/aromatic N) is 1. The Morgan fingerprint density at radius 1 is 0.906 bits per heavy atom. The van der Waals surface area contributed by atoms with Crippen molar-refractivity contribution in [3.8, 4) is 0 Å². The molecule has 0 bridgehead atoms. The van der Waals surface area contributed by atoms with Crippen LogP contribution in [-0.2, 0) is 16.1 Å². The van der Waals surface area contributed by atoms with Gasteiger partial charge in [-0.05, 0) is 72.7 Å². The van der Waals surface area contributed by atoms with Crippen molar-refractivity contribution in [2.45, 2.75) is 13.5 Å². The normalized spacial score (nSPS) is 10.9. The summed E-state index contributed by atoms with van der Waals surface area (Å²) in [6.07, 6.45) is 3.19. The molecule has 0 N–H and O–H groups in total. The maximum absolute atomic E-state index is 13.1. The van der Waals surface area contributed by atoms with Crippen LogP contribution in [0.15, 0.2) is 72.8 Å². The lowest BCUT2D eigenvalue weighted by atomic mass is 10.1. The third-order valence-corrected chi connectivity index (χ3v) is 5.43. The second kappa shape index (κ2) is 11.2. The number of ether oxygens (including phenoxy) is 1. The number of hydrogen-bond donors (Lipinski definition) is 0.